The zero-order valence-corrected chi connectivity index (χ0v) is 21.4. The first-order chi connectivity index (χ1) is 16.8. The van der Waals surface area contributed by atoms with Gasteiger partial charge in [-0.05, 0) is 55.9 Å². The molecule has 0 radical (unpaired) electrons. The van der Waals surface area contributed by atoms with Gasteiger partial charge in [0.15, 0.2) is 5.16 Å². The van der Waals surface area contributed by atoms with E-state index in [4.69, 9.17) is 0 Å². The summed E-state index contributed by atoms with van der Waals surface area (Å²) in [4.78, 5) is 26.4. The SMILES string of the molecule is Cc1ccc(-n2c(=O)c3ccccc3n3c(SCC(=O)NC4CCCC(C)C4C)nnc23)c(C)c1. The summed E-state index contributed by atoms with van der Waals surface area (Å²) >= 11 is 1.35. The third-order valence-corrected chi connectivity index (χ3v) is 8.30. The average molecular weight is 490 g/mol. The van der Waals surface area contributed by atoms with E-state index in [0.717, 1.165) is 35.2 Å². The fraction of sp³-hybridized carbons (Fsp3) is 0.407. The van der Waals surface area contributed by atoms with Crippen LogP contribution in [0.1, 0.15) is 44.2 Å². The molecule has 1 N–H and O–H groups in total. The van der Waals surface area contributed by atoms with E-state index in [1.54, 1.807) is 4.57 Å². The summed E-state index contributed by atoms with van der Waals surface area (Å²) < 4.78 is 3.51. The van der Waals surface area contributed by atoms with E-state index in [1.807, 2.05) is 54.6 Å². The minimum absolute atomic E-state index is 0.00436. The maximum absolute atomic E-state index is 13.5. The van der Waals surface area contributed by atoms with Gasteiger partial charge in [-0.3, -0.25) is 14.0 Å². The van der Waals surface area contributed by atoms with Crippen molar-refractivity contribution in [2.24, 2.45) is 11.8 Å². The van der Waals surface area contributed by atoms with E-state index >= 15 is 0 Å². The van der Waals surface area contributed by atoms with Crippen LogP contribution in [-0.4, -0.2) is 36.9 Å². The van der Waals surface area contributed by atoms with Gasteiger partial charge in [0, 0.05) is 6.04 Å². The number of amides is 1. The molecule has 2 aromatic carbocycles. The van der Waals surface area contributed by atoms with Gasteiger partial charge in [0.25, 0.3) is 5.56 Å². The number of rotatable bonds is 5. The quantitative estimate of drug-likeness (QED) is 0.412. The zero-order chi connectivity index (χ0) is 24.7. The van der Waals surface area contributed by atoms with Crippen LogP contribution in [0.25, 0.3) is 22.4 Å². The van der Waals surface area contributed by atoms with Crippen LogP contribution < -0.4 is 10.9 Å². The molecule has 2 heterocycles. The highest BCUT2D eigenvalue weighted by atomic mass is 32.2. The number of nitrogens with one attached hydrogen (secondary N) is 1. The third-order valence-electron chi connectivity index (χ3n) is 7.37. The van der Waals surface area contributed by atoms with Gasteiger partial charge in [-0.15, -0.1) is 10.2 Å². The molecule has 1 amide bonds. The predicted octanol–water partition coefficient (Wildman–Crippen LogP) is 4.68. The van der Waals surface area contributed by atoms with E-state index < -0.39 is 0 Å². The molecule has 0 saturated heterocycles. The lowest BCUT2D eigenvalue weighted by molar-refractivity contribution is -0.120. The number of carbonyl (C=O) groups is 1. The molecule has 1 saturated carbocycles. The van der Waals surface area contributed by atoms with E-state index in [2.05, 4.69) is 35.4 Å². The van der Waals surface area contributed by atoms with Crippen molar-refractivity contribution in [2.75, 3.05) is 5.75 Å². The number of aromatic nitrogens is 4. The van der Waals surface area contributed by atoms with E-state index in [-0.39, 0.29) is 23.3 Å². The Labute approximate surface area is 208 Å². The molecule has 0 bridgehead atoms. The lowest BCUT2D eigenvalue weighted by Crippen LogP contribution is -2.44. The van der Waals surface area contributed by atoms with Crippen LogP contribution in [0.15, 0.2) is 52.4 Å². The Morgan fingerprint density at radius 3 is 2.71 bits per heavy atom. The number of aryl methyl sites for hydroxylation is 2. The van der Waals surface area contributed by atoms with Gasteiger partial charge in [0.1, 0.15) is 0 Å². The topological polar surface area (TPSA) is 81.3 Å². The van der Waals surface area contributed by atoms with Crippen LogP contribution in [0.2, 0.25) is 0 Å². The summed E-state index contributed by atoms with van der Waals surface area (Å²) in [5.41, 5.74) is 3.48. The predicted molar refractivity (Wildman–Crippen MR) is 140 cm³/mol. The van der Waals surface area contributed by atoms with Crippen molar-refractivity contribution in [3.63, 3.8) is 0 Å². The second-order valence-corrected chi connectivity index (χ2v) is 10.7. The molecule has 4 aromatic rings. The fourth-order valence-corrected chi connectivity index (χ4v) is 5.96. The highest BCUT2D eigenvalue weighted by Gasteiger charge is 2.28. The molecule has 7 nitrogen and oxygen atoms in total. The fourth-order valence-electron chi connectivity index (χ4n) is 5.21. The highest BCUT2D eigenvalue weighted by Crippen LogP contribution is 2.30. The Balaban J connectivity index is 1.51. The van der Waals surface area contributed by atoms with Crippen LogP contribution >= 0.6 is 11.8 Å². The first-order valence-electron chi connectivity index (χ1n) is 12.2. The lowest BCUT2D eigenvalue weighted by Gasteiger charge is -2.34. The summed E-state index contributed by atoms with van der Waals surface area (Å²) in [5, 5.41) is 13.2. The first kappa shape index (κ1) is 23.6. The molecule has 2 aromatic heterocycles. The molecule has 0 aliphatic heterocycles. The molecular formula is C27H31N5O2S. The molecule has 1 aliphatic rings. The standard InChI is InChI=1S/C27H31N5O2S/c1-16-12-13-22(18(3)14-16)31-25(34)20-9-5-6-11-23(20)32-26(31)29-30-27(32)35-15-24(33)28-21-10-7-8-17(2)19(21)4/h5-6,9,11-14,17,19,21H,7-8,10,15H2,1-4H3,(H,28,33). The van der Waals surface area contributed by atoms with E-state index in [0.29, 0.717) is 28.2 Å². The van der Waals surface area contributed by atoms with Gasteiger partial charge in [-0.25, -0.2) is 4.57 Å². The summed E-state index contributed by atoms with van der Waals surface area (Å²) in [6, 6.07) is 13.7. The second kappa shape index (κ2) is 9.49. The average Bonchev–Trinajstić information content (AvgIpc) is 3.26. The Bertz CT molecular complexity index is 1470. The van der Waals surface area contributed by atoms with Crippen LogP contribution in [0, 0.1) is 25.7 Å². The molecule has 1 aliphatic carbocycles. The number of carbonyl (C=O) groups excluding carboxylic acids is 1. The lowest BCUT2D eigenvalue weighted by atomic mass is 9.78. The Morgan fingerprint density at radius 2 is 1.91 bits per heavy atom. The van der Waals surface area contributed by atoms with Gasteiger partial charge in [-0.1, -0.05) is 68.3 Å². The van der Waals surface area contributed by atoms with E-state index in [9.17, 15) is 9.59 Å². The second-order valence-electron chi connectivity index (χ2n) is 9.80. The van der Waals surface area contributed by atoms with Gasteiger partial charge in [0.2, 0.25) is 11.7 Å². The molecular weight excluding hydrogens is 458 g/mol. The number of nitrogens with zero attached hydrogens (tertiary/aromatic N) is 4. The van der Waals surface area contributed by atoms with Gasteiger partial charge >= 0.3 is 0 Å². The number of fused-ring (bicyclic) bond motifs is 3. The number of hydrogen-bond acceptors (Lipinski definition) is 5. The van der Waals surface area contributed by atoms with Gasteiger partial charge in [0.05, 0.1) is 22.3 Å². The summed E-state index contributed by atoms with van der Waals surface area (Å²) in [5.74, 6) is 1.79. The molecule has 3 unspecified atom stereocenters. The minimum Gasteiger partial charge on any atom is -0.352 e. The van der Waals surface area contributed by atoms with Crippen molar-refractivity contribution in [3.05, 3.63) is 63.9 Å². The minimum atomic E-state index is -0.137. The maximum atomic E-state index is 13.5. The summed E-state index contributed by atoms with van der Waals surface area (Å²) in [6.07, 6.45) is 3.41. The first-order valence-corrected chi connectivity index (χ1v) is 13.2. The Hall–Kier alpha value is -3.13. The van der Waals surface area contributed by atoms with Crippen molar-refractivity contribution >= 4 is 34.3 Å². The molecule has 35 heavy (non-hydrogen) atoms. The molecule has 3 atom stereocenters. The summed E-state index contributed by atoms with van der Waals surface area (Å²) in [7, 11) is 0. The number of hydrogen-bond donors (Lipinski definition) is 1. The van der Waals surface area contributed by atoms with Crippen molar-refractivity contribution in [2.45, 2.75) is 58.2 Å². The van der Waals surface area contributed by atoms with Crippen LogP contribution in [0.5, 0.6) is 0 Å². The van der Waals surface area contributed by atoms with E-state index in [1.165, 1.54) is 18.2 Å². The van der Waals surface area contributed by atoms with Crippen LogP contribution in [-0.2, 0) is 4.79 Å². The van der Waals surface area contributed by atoms with Crippen molar-refractivity contribution < 1.29 is 4.79 Å². The normalized spacial score (nSPS) is 20.4. The Morgan fingerprint density at radius 1 is 1.11 bits per heavy atom. The highest BCUT2D eigenvalue weighted by molar-refractivity contribution is 7.99. The number of para-hydroxylation sites is 1. The molecule has 8 heteroatoms. The van der Waals surface area contributed by atoms with Crippen molar-refractivity contribution in [3.8, 4) is 5.69 Å². The molecule has 182 valence electrons. The molecule has 0 spiro atoms. The number of thioether (sulfide) groups is 1. The van der Waals surface area contributed by atoms with Crippen LogP contribution in [0.4, 0.5) is 0 Å². The third kappa shape index (κ3) is 4.35. The molecule has 1 fully saturated rings. The van der Waals surface area contributed by atoms with Crippen LogP contribution in [0.3, 0.4) is 0 Å². The Kier molecular flexibility index (Phi) is 6.40. The van der Waals surface area contributed by atoms with Crippen molar-refractivity contribution in [1.82, 2.24) is 24.5 Å². The van der Waals surface area contributed by atoms with Gasteiger partial charge in [-0.2, -0.15) is 0 Å². The zero-order valence-electron chi connectivity index (χ0n) is 20.6. The van der Waals surface area contributed by atoms with Crippen molar-refractivity contribution in [1.29, 1.82) is 0 Å². The van der Waals surface area contributed by atoms with Gasteiger partial charge < -0.3 is 5.32 Å². The largest absolute Gasteiger partial charge is 0.352 e. The smallest absolute Gasteiger partial charge is 0.267 e. The maximum Gasteiger partial charge on any atom is 0.267 e. The monoisotopic (exact) mass is 489 g/mol. The molecule has 5 rings (SSSR count). The summed E-state index contributed by atoms with van der Waals surface area (Å²) in [6.45, 7) is 8.51. The number of benzene rings is 2.